The molecule has 0 radical (unpaired) electrons. The van der Waals surface area contributed by atoms with E-state index in [0.29, 0.717) is 42.3 Å². The number of carbonyl (C=O) groups is 4. The van der Waals surface area contributed by atoms with Crippen molar-refractivity contribution in [1.29, 1.82) is 0 Å². The van der Waals surface area contributed by atoms with E-state index in [2.05, 4.69) is 0 Å². The van der Waals surface area contributed by atoms with Crippen molar-refractivity contribution in [2.45, 2.75) is 26.2 Å². The lowest BCUT2D eigenvalue weighted by molar-refractivity contribution is -0.136. The largest absolute Gasteiger partial charge is 0.497 e. The highest BCUT2D eigenvalue weighted by Crippen LogP contribution is 2.35. The molecule has 2 aromatic carbocycles. The average Bonchev–Trinajstić information content (AvgIpc) is 3.17. The number of nitrogens with zero attached hydrogens (tertiary/aromatic N) is 2. The van der Waals surface area contributed by atoms with E-state index >= 15 is 0 Å². The summed E-state index contributed by atoms with van der Waals surface area (Å²) in [5.74, 6) is -0.122. The minimum atomic E-state index is -0.559. The van der Waals surface area contributed by atoms with Crippen molar-refractivity contribution in [2.24, 2.45) is 0 Å². The highest BCUT2D eigenvalue weighted by atomic mass is 32.2. The number of rotatable bonds is 8. The molecule has 0 aromatic heterocycles. The van der Waals surface area contributed by atoms with Gasteiger partial charge in [-0.15, -0.1) is 0 Å². The summed E-state index contributed by atoms with van der Waals surface area (Å²) in [5.41, 5.74) is 0.931. The number of likely N-dealkylation sites (tertiary alicyclic amines) is 1. The molecular weight excluding hydrogens is 496 g/mol. The van der Waals surface area contributed by atoms with Gasteiger partial charge in [-0.05, 0) is 86.0 Å². The minimum Gasteiger partial charge on any atom is -0.497 e. The molecule has 0 spiro atoms. The van der Waals surface area contributed by atoms with E-state index in [0.717, 1.165) is 35.9 Å². The van der Waals surface area contributed by atoms with Crippen LogP contribution >= 0.6 is 11.8 Å². The van der Waals surface area contributed by atoms with Gasteiger partial charge < -0.3 is 19.1 Å². The molecule has 0 unspecified atom stereocenters. The predicted octanol–water partition coefficient (Wildman–Crippen LogP) is 4.36. The number of benzene rings is 2. The zero-order chi connectivity index (χ0) is 26.4. The molecule has 0 saturated carbocycles. The van der Waals surface area contributed by atoms with E-state index in [-0.39, 0.29) is 23.1 Å². The van der Waals surface area contributed by atoms with E-state index in [1.54, 1.807) is 67.5 Å². The monoisotopic (exact) mass is 524 g/mol. The van der Waals surface area contributed by atoms with E-state index in [1.165, 1.54) is 0 Å². The number of imide groups is 1. The Hall–Kier alpha value is -3.79. The lowest BCUT2D eigenvalue weighted by Gasteiger charge is -2.27. The number of amides is 3. The number of piperidine rings is 1. The van der Waals surface area contributed by atoms with Crippen molar-refractivity contribution in [2.75, 3.05) is 33.4 Å². The van der Waals surface area contributed by atoms with E-state index in [1.807, 2.05) is 0 Å². The number of thioether (sulfide) groups is 1. The Bertz CT molecular complexity index is 1220. The lowest BCUT2D eigenvalue weighted by Crippen LogP contribution is -2.44. The molecule has 4 rings (SSSR count). The summed E-state index contributed by atoms with van der Waals surface area (Å²) in [7, 11) is 1.54. The van der Waals surface area contributed by atoms with Crippen molar-refractivity contribution in [1.82, 2.24) is 9.80 Å². The van der Waals surface area contributed by atoms with Gasteiger partial charge in [0.15, 0.2) is 11.5 Å². The van der Waals surface area contributed by atoms with Crippen molar-refractivity contribution < 1.29 is 33.4 Å². The minimum absolute atomic E-state index is 0.210. The summed E-state index contributed by atoms with van der Waals surface area (Å²) >= 11 is 0.791. The highest BCUT2D eigenvalue weighted by Gasteiger charge is 2.37. The fourth-order valence-electron chi connectivity index (χ4n) is 4.02. The second-order valence-corrected chi connectivity index (χ2v) is 9.46. The van der Waals surface area contributed by atoms with Gasteiger partial charge in [0.2, 0.25) is 5.91 Å². The molecule has 2 aliphatic rings. The van der Waals surface area contributed by atoms with Crippen molar-refractivity contribution in [3.8, 4) is 17.2 Å². The van der Waals surface area contributed by atoms with Crippen molar-refractivity contribution >= 4 is 40.9 Å². The first-order valence-corrected chi connectivity index (χ1v) is 12.9. The quantitative estimate of drug-likeness (QED) is 0.285. The van der Waals surface area contributed by atoms with E-state index < -0.39 is 17.1 Å². The van der Waals surface area contributed by atoms with Crippen LogP contribution in [0.3, 0.4) is 0 Å². The smallest absolute Gasteiger partial charge is 0.343 e. The van der Waals surface area contributed by atoms with Crippen LogP contribution in [-0.4, -0.2) is 66.2 Å². The maximum absolute atomic E-state index is 12.9. The van der Waals surface area contributed by atoms with Crippen LogP contribution in [0.5, 0.6) is 17.2 Å². The predicted molar refractivity (Wildman–Crippen MR) is 139 cm³/mol. The molecule has 2 heterocycles. The first kappa shape index (κ1) is 26.3. The van der Waals surface area contributed by atoms with Gasteiger partial charge in [-0.1, -0.05) is 6.07 Å². The summed E-state index contributed by atoms with van der Waals surface area (Å²) in [6.07, 6.45) is 4.51. The molecule has 0 N–H and O–H groups in total. The van der Waals surface area contributed by atoms with Crippen molar-refractivity contribution in [3.05, 3.63) is 58.5 Å². The second kappa shape index (κ2) is 12.0. The third-order valence-corrected chi connectivity index (χ3v) is 6.88. The molecule has 0 aliphatic carbocycles. The molecule has 2 aliphatic heterocycles. The molecule has 9 nitrogen and oxygen atoms in total. The number of hydrogen-bond donors (Lipinski definition) is 0. The SMILES string of the molecule is CCOc1cc(/C=C2\SC(=O)N(CC(=O)N3CCCCC3)C2=O)ccc1OC(=O)c1ccc(OC)cc1. The average molecular weight is 525 g/mol. The maximum Gasteiger partial charge on any atom is 0.343 e. The van der Waals surface area contributed by atoms with Crippen LogP contribution in [0.1, 0.15) is 42.1 Å². The maximum atomic E-state index is 12.9. The van der Waals surface area contributed by atoms with Gasteiger partial charge in [-0.25, -0.2) is 4.79 Å². The number of ether oxygens (including phenoxy) is 3. The summed E-state index contributed by atoms with van der Waals surface area (Å²) in [6.45, 7) is 3.17. The standard InChI is InChI=1S/C27H28N2O7S/c1-3-35-22-15-18(7-12-21(22)36-26(32)19-8-10-20(34-2)11-9-19)16-23-25(31)29(27(33)37-23)17-24(30)28-13-5-4-6-14-28/h7-12,15-16H,3-6,13-14,17H2,1-2H3/b23-16-. The van der Waals surface area contributed by atoms with Gasteiger partial charge >= 0.3 is 5.97 Å². The molecule has 37 heavy (non-hydrogen) atoms. The van der Waals surface area contributed by atoms with Gasteiger partial charge in [0.25, 0.3) is 11.1 Å². The Labute approximate surface area is 219 Å². The molecule has 3 amide bonds. The summed E-state index contributed by atoms with van der Waals surface area (Å²) < 4.78 is 16.3. The summed E-state index contributed by atoms with van der Waals surface area (Å²) in [5, 5.41) is -0.475. The fourth-order valence-corrected chi connectivity index (χ4v) is 4.86. The van der Waals surface area contributed by atoms with Gasteiger partial charge in [-0.3, -0.25) is 19.3 Å². The van der Waals surface area contributed by atoms with E-state index in [4.69, 9.17) is 14.2 Å². The van der Waals surface area contributed by atoms with Crippen LogP contribution in [0, 0.1) is 0 Å². The Morgan fingerprint density at radius 1 is 1.00 bits per heavy atom. The second-order valence-electron chi connectivity index (χ2n) is 8.47. The molecule has 0 bridgehead atoms. The lowest BCUT2D eigenvalue weighted by atomic mass is 10.1. The topological polar surface area (TPSA) is 102 Å². The van der Waals surface area contributed by atoms with Crippen LogP contribution in [0.25, 0.3) is 6.08 Å². The third-order valence-electron chi connectivity index (χ3n) is 5.97. The van der Waals surface area contributed by atoms with Crippen LogP contribution in [0.2, 0.25) is 0 Å². The van der Waals surface area contributed by atoms with Crippen LogP contribution in [-0.2, 0) is 9.59 Å². The van der Waals surface area contributed by atoms with Crippen LogP contribution in [0.15, 0.2) is 47.4 Å². The van der Waals surface area contributed by atoms with Gasteiger partial charge in [0.05, 0.1) is 24.2 Å². The highest BCUT2D eigenvalue weighted by molar-refractivity contribution is 8.18. The Balaban J connectivity index is 1.47. The molecule has 2 fully saturated rings. The molecule has 194 valence electrons. The number of hydrogen-bond acceptors (Lipinski definition) is 8. The summed E-state index contributed by atoms with van der Waals surface area (Å²) in [4.78, 5) is 53.5. The van der Waals surface area contributed by atoms with Crippen molar-refractivity contribution in [3.63, 3.8) is 0 Å². The first-order valence-electron chi connectivity index (χ1n) is 12.1. The molecular formula is C27H28N2O7S. The molecule has 2 aromatic rings. The molecule has 0 atom stereocenters. The van der Waals surface area contributed by atoms with Gasteiger partial charge in [0, 0.05) is 13.1 Å². The zero-order valence-electron chi connectivity index (χ0n) is 20.7. The number of esters is 1. The molecule has 10 heteroatoms. The zero-order valence-corrected chi connectivity index (χ0v) is 21.5. The molecule has 2 saturated heterocycles. The van der Waals surface area contributed by atoms with Crippen LogP contribution < -0.4 is 14.2 Å². The number of carbonyl (C=O) groups excluding carboxylic acids is 4. The normalized spacial score (nSPS) is 16.8. The Kier molecular flexibility index (Phi) is 8.50. The van der Waals surface area contributed by atoms with Gasteiger partial charge in [0.1, 0.15) is 12.3 Å². The Morgan fingerprint density at radius 2 is 1.73 bits per heavy atom. The Morgan fingerprint density at radius 3 is 2.41 bits per heavy atom. The third kappa shape index (κ3) is 6.32. The fraction of sp³-hybridized carbons (Fsp3) is 0.333. The van der Waals surface area contributed by atoms with Crippen LogP contribution in [0.4, 0.5) is 4.79 Å². The summed E-state index contributed by atoms with van der Waals surface area (Å²) in [6, 6.07) is 11.4. The van der Waals surface area contributed by atoms with Gasteiger partial charge in [-0.2, -0.15) is 0 Å². The van der Waals surface area contributed by atoms with E-state index in [9.17, 15) is 19.2 Å². The number of methoxy groups -OCH3 is 1. The first-order chi connectivity index (χ1) is 17.9.